The lowest BCUT2D eigenvalue weighted by Crippen LogP contribution is -2.15. The van der Waals surface area contributed by atoms with E-state index in [9.17, 15) is 8.42 Å². The Bertz CT molecular complexity index is 581. The van der Waals surface area contributed by atoms with Crippen molar-refractivity contribution in [1.82, 2.24) is 0 Å². The highest BCUT2D eigenvalue weighted by Gasteiger charge is 2.21. The molecule has 0 atom stereocenters. The molecule has 1 aliphatic carbocycles. The third-order valence-corrected chi connectivity index (χ3v) is 5.81. The Morgan fingerprint density at radius 2 is 1.75 bits per heavy atom. The number of ether oxygens (including phenoxy) is 1. The molecule has 1 fully saturated rings. The minimum atomic E-state index is -3.91. The zero-order valence-corrected chi connectivity index (χ0v) is 13.8. The van der Waals surface area contributed by atoms with Crippen LogP contribution >= 0.6 is 33.9 Å². The summed E-state index contributed by atoms with van der Waals surface area (Å²) in [5, 5.41) is -0.00740. The minimum absolute atomic E-state index is 0.0872. The third-order valence-electron chi connectivity index (χ3n) is 3.47. The lowest BCUT2D eigenvalue weighted by molar-refractivity contribution is 0.209. The Morgan fingerprint density at radius 1 is 1.10 bits per heavy atom. The highest BCUT2D eigenvalue weighted by molar-refractivity contribution is 8.13. The van der Waals surface area contributed by atoms with Crippen LogP contribution < -0.4 is 4.74 Å². The maximum atomic E-state index is 11.3. The molecule has 1 aliphatic rings. The first-order valence-electron chi connectivity index (χ1n) is 6.45. The van der Waals surface area contributed by atoms with Crippen LogP contribution in [0.5, 0.6) is 5.75 Å². The normalized spacial score (nSPS) is 17.1. The van der Waals surface area contributed by atoms with Gasteiger partial charge in [-0.3, -0.25) is 0 Å². The van der Waals surface area contributed by atoms with Crippen molar-refractivity contribution < 1.29 is 13.2 Å². The zero-order chi connectivity index (χ0) is 14.8. The van der Waals surface area contributed by atoms with E-state index in [1.807, 2.05) is 0 Å². The van der Waals surface area contributed by atoms with Crippen LogP contribution in [0, 0.1) is 5.92 Å². The molecule has 0 saturated heterocycles. The van der Waals surface area contributed by atoms with E-state index in [0.717, 1.165) is 12.8 Å². The standard InChI is InChI=1S/C13H15Cl3O3S/c14-12-10(19-8-9-4-2-1-3-5-9)6-7-11(13(12)15)20(16,17)18/h6-7,9H,1-5,8H2. The van der Waals surface area contributed by atoms with Crippen LogP contribution in [0.15, 0.2) is 17.0 Å². The SMILES string of the molecule is O=S(=O)(Cl)c1ccc(OCC2CCCCC2)c(Cl)c1Cl. The summed E-state index contributed by atoms with van der Waals surface area (Å²) in [5.74, 6) is 0.918. The van der Waals surface area contributed by atoms with Gasteiger partial charge in [-0.2, -0.15) is 0 Å². The molecule has 0 unspecified atom stereocenters. The summed E-state index contributed by atoms with van der Waals surface area (Å²) < 4.78 is 28.3. The van der Waals surface area contributed by atoms with Crippen LogP contribution in [-0.2, 0) is 9.05 Å². The maximum Gasteiger partial charge on any atom is 0.262 e. The van der Waals surface area contributed by atoms with Gasteiger partial charge in [-0.25, -0.2) is 8.42 Å². The molecule has 3 nitrogen and oxygen atoms in total. The van der Waals surface area contributed by atoms with Crippen LogP contribution in [-0.4, -0.2) is 15.0 Å². The fourth-order valence-corrected chi connectivity index (χ4v) is 4.16. The fourth-order valence-electron chi connectivity index (χ4n) is 2.38. The Hall–Kier alpha value is -0.160. The monoisotopic (exact) mass is 356 g/mol. The first-order valence-corrected chi connectivity index (χ1v) is 9.51. The van der Waals surface area contributed by atoms with Crippen LogP contribution in [0.1, 0.15) is 32.1 Å². The summed E-state index contributed by atoms with van der Waals surface area (Å²) in [7, 11) is 1.37. The topological polar surface area (TPSA) is 43.4 Å². The van der Waals surface area contributed by atoms with E-state index in [4.69, 9.17) is 38.6 Å². The van der Waals surface area contributed by atoms with Crippen molar-refractivity contribution in [1.29, 1.82) is 0 Å². The van der Waals surface area contributed by atoms with E-state index in [1.54, 1.807) is 0 Å². The Balaban J connectivity index is 2.11. The summed E-state index contributed by atoms with van der Waals surface area (Å²) in [4.78, 5) is -0.198. The average molecular weight is 358 g/mol. The van der Waals surface area contributed by atoms with Crippen molar-refractivity contribution in [3.63, 3.8) is 0 Å². The van der Waals surface area contributed by atoms with E-state index < -0.39 is 9.05 Å². The molecule has 1 saturated carbocycles. The van der Waals surface area contributed by atoms with Gasteiger partial charge in [0.15, 0.2) is 0 Å². The quantitative estimate of drug-likeness (QED) is 0.721. The van der Waals surface area contributed by atoms with Crippen molar-refractivity contribution in [2.45, 2.75) is 37.0 Å². The van der Waals surface area contributed by atoms with Gasteiger partial charge in [0.05, 0.1) is 11.6 Å². The molecule has 0 spiro atoms. The van der Waals surface area contributed by atoms with Gasteiger partial charge in [-0.1, -0.05) is 42.5 Å². The predicted molar refractivity (Wildman–Crippen MR) is 81.6 cm³/mol. The van der Waals surface area contributed by atoms with Gasteiger partial charge < -0.3 is 4.74 Å². The molecule has 0 amide bonds. The summed E-state index contributed by atoms with van der Waals surface area (Å²) in [6, 6.07) is 2.80. The molecule has 7 heteroatoms. The highest BCUT2D eigenvalue weighted by atomic mass is 35.7. The molecule has 112 valence electrons. The molecule has 20 heavy (non-hydrogen) atoms. The van der Waals surface area contributed by atoms with E-state index in [-0.39, 0.29) is 14.9 Å². The van der Waals surface area contributed by atoms with Crippen molar-refractivity contribution in [2.75, 3.05) is 6.61 Å². The number of hydrogen-bond acceptors (Lipinski definition) is 3. The second-order valence-electron chi connectivity index (χ2n) is 4.94. The van der Waals surface area contributed by atoms with E-state index in [0.29, 0.717) is 18.3 Å². The molecule has 0 N–H and O–H groups in total. The molecule has 0 aromatic heterocycles. The van der Waals surface area contributed by atoms with Gasteiger partial charge in [-0.15, -0.1) is 0 Å². The largest absolute Gasteiger partial charge is 0.492 e. The zero-order valence-electron chi connectivity index (χ0n) is 10.7. The third kappa shape index (κ3) is 3.94. The Kier molecular flexibility index (Phi) is 5.46. The molecule has 0 aliphatic heterocycles. The van der Waals surface area contributed by atoms with Crippen LogP contribution in [0.25, 0.3) is 0 Å². The van der Waals surface area contributed by atoms with Gasteiger partial charge in [0, 0.05) is 10.7 Å². The second kappa shape index (κ2) is 6.73. The summed E-state index contributed by atoms with van der Waals surface area (Å²) in [6.07, 6.45) is 6.04. The predicted octanol–water partition coefficient (Wildman–Crippen LogP) is 4.88. The molecule has 1 aromatic rings. The van der Waals surface area contributed by atoms with E-state index >= 15 is 0 Å². The number of benzene rings is 1. The molecular formula is C13H15Cl3O3S. The van der Waals surface area contributed by atoms with Crippen LogP contribution in [0.4, 0.5) is 0 Å². The van der Waals surface area contributed by atoms with Gasteiger partial charge in [0.2, 0.25) is 0 Å². The smallest absolute Gasteiger partial charge is 0.262 e. The maximum absolute atomic E-state index is 11.3. The van der Waals surface area contributed by atoms with Crippen molar-refractivity contribution >= 4 is 42.9 Å². The van der Waals surface area contributed by atoms with Crippen molar-refractivity contribution in [3.8, 4) is 5.75 Å². The molecule has 2 rings (SSSR count). The number of hydrogen-bond donors (Lipinski definition) is 0. The fraction of sp³-hybridized carbons (Fsp3) is 0.538. The van der Waals surface area contributed by atoms with E-state index in [2.05, 4.69) is 0 Å². The van der Waals surface area contributed by atoms with Crippen molar-refractivity contribution in [3.05, 3.63) is 22.2 Å². The van der Waals surface area contributed by atoms with Crippen LogP contribution in [0.2, 0.25) is 10.0 Å². The van der Waals surface area contributed by atoms with Gasteiger partial charge in [-0.05, 0) is 30.9 Å². The minimum Gasteiger partial charge on any atom is -0.492 e. The molecule has 0 radical (unpaired) electrons. The van der Waals surface area contributed by atoms with Gasteiger partial charge in [0.25, 0.3) is 9.05 Å². The first kappa shape index (κ1) is 16.2. The van der Waals surface area contributed by atoms with Crippen molar-refractivity contribution in [2.24, 2.45) is 5.92 Å². The summed E-state index contributed by atoms with van der Waals surface area (Å²) in [5.41, 5.74) is 0. The Labute approximate surface area is 133 Å². The summed E-state index contributed by atoms with van der Waals surface area (Å²) in [6.45, 7) is 0.572. The lowest BCUT2D eigenvalue weighted by Gasteiger charge is -2.22. The number of halogens is 3. The summed E-state index contributed by atoms with van der Waals surface area (Å²) >= 11 is 12.0. The lowest BCUT2D eigenvalue weighted by atomic mass is 9.90. The number of rotatable bonds is 4. The molecule has 0 heterocycles. The highest BCUT2D eigenvalue weighted by Crippen LogP contribution is 2.38. The van der Waals surface area contributed by atoms with Gasteiger partial charge in [0.1, 0.15) is 15.7 Å². The van der Waals surface area contributed by atoms with Gasteiger partial charge >= 0.3 is 0 Å². The Morgan fingerprint density at radius 3 is 2.35 bits per heavy atom. The van der Waals surface area contributed by atoms with E-state index in [1.165, 1.54) is 31.4 Å². The molecule has 1 aromatic carbocycles. The molecular weight excluding hydrogens is 343 g/mol. The molecule has 0 bridgehead atoms. The van der Waals surface area contributed by atoms with Crippen LogP contribution in [0.3, 0.4) is 0 Å². The second-order valence-corrected chi connectivity index (χ2v) is 8.23. The first-order chi connectivity index (χ1) is 9.39. The average Bonchev–Trinajstić information content (AvgIpc) is 2.40.